The topological polar surface area (TPSA) is 21.3 Å². The Labute approximate surface area is 100.0 Å². The Morgan fingerprint density at radius 3 is 2.53 bits per heavy atom. The number of ether oxygens (including phenoxy) is 1. The van der Waals surface area contributed by atoms with Gasteiger partial charge in [0.15, 0.2) is 0 Å². The van der Waals surface area contributed by atoms with E-state index < -0.39 is 11.6 Å². The maximum absolute atomic E-state index is 12.9. The molecule has 1 aromatic carbocycles. The van der Waals surface area contributed by atoms with Crippen molar-refractivity contribution in [2.24, 2.45) is 0 Å². The van der Waals surface area contributed by atoms with E-state index in [9.17, 15) is 8.78 Å². The molecule has 2 rings (SSSR count). The van der Waals surface area contributed by atoms with E-state index in [1.165, 1.54) is 25.0 Å². The summed E-state index contributed by atoms with van der Waals surface area (Å²) in [6.45, 7) is 2.78. The summed E-state index contributed by atoms with van der Waals surface area (Å²) in [5, 5.41) is 3.37. The highest BCUT2D eigenvalue weighted by atomic mass is 19.1. The standard InChI is InChI=1S/C13H17F2NO/c1-9(4-5-16-12-2-3-12)17-13-7-10(14)6-11(15)8-13/h6-9,12,16H,2-5H2,1H3. The van der Waals surface area contributed by atoms with Gasteiger partial charge in [-0.05, 0) is 32.7 Å². The summed E-state index contributed by atoms with van der Waals surface area (Å²) in [5.41, 5.74) is 0. The second kappa shape index (κ2) is 5.45. The molecule has 0 heterocycles. The van der Waals surface area contributed by atoms with E-state index in [1.807, 2.05) is 6.92 Å². The molecule has 1 unspecified atom stereocenters. The minimum absolute atomic E-state index is 0.0533. The molecule has 0 radical (unpaired) electrons. The molecule has 0 amide bonds. The predicted molar refractivity (Wildman–Crippen MR) is 62.1 cm³/mol. The van der Waals surface area contributed by atoms with Crippen LogP contribution in [-0.4, -0.2) is 18.7 Å². The minimum Gasteiger partial charge on any atom is -0.490 e. The van der Waals surface area contributed by atoms with Gasteiger partial charge in [0.1, 0.15) is 17.4 Å². The van der Waals surface area contributed by atoms with Crippen LogP contribution in [-0.2, 0) is 0 Å². The van der Waals surface area contributed by atoms with Crippen molar-refractivity contribution in [2.75, 3.05) is 6.54 Å². The normalized spacial score (nSPS) is 16.9. The molecule has 2 nitrogen and oxygen atoms in total. The highest BCUT2D eigenvalue weighted by Gasteiger charge is 2.20. The summed E-state index contributed by atoms with van der Waals surface area (Å²) in [7, 11) is 0. The summed E-state index contributed by atoms with van der Waals surface area (Å²) in [5.74, 6) is -0.965. The molecule has 0 aromatic heterocycles. The van der Waals surface area contributed by atoms with Crippen LogP contribution in [0.5, 0.6) is 5.75 Å². The van der Waals surface area contributed by atoms with Crippen molar-refractivity contribution in [3.8, 4) is 5.75 Å². The number of hydrogen-bond acceptors (Lipinski definition) is 2. The number of rotatable bonds is 6. The summed E-state index contributed by atoms with van der Waals surface area (Å²) < 4.78 is 31.3. The fraction of sp³-hybridized carbons (Fsp3) is 0.538. The van der Waals surface area contributed by atoms with Crippen LogP contribution < -0.4 is 10.1 Å². The first kappa shape index (κ1) is 12.3. The van der Waals surface area contributed by atoms with E-state index in [0.717, 1.165) is 19.0 Å². The van der Waals surface area contributed by atoms with Gasteiger partial charge in [-0.1, -0.05) is 0 Å². The average molecular weight is 241 g/mol. The first-order chi connectivity index (χ1) is 8.13. The van der Waals surface area contributed by atoms with Gasteiger partial charge in [0.05, 0.1) is 6.10 Å². The Hall–Kier alpha value is -1.16. The second-order valence-corrected chi connectivity index (χ2v) is 4.55. The lowest BCUT2D eigenvalue weighted by atomic mass is 10.2. The molecule has 1 aliphatic rings. The van der Waals surface area contributed by atoms with Crippen molar-refractivity contribution in [3.05, 3.63) is 29.8 Å². The van der Waals surface area contributed by atoms with Gasteiger partial charge >= 0.3 is 0 Å². The Bertz CT molecular complexity index is 359. The molecule has 0 saturated heterocycles. The van der Waals surface area contributed by atoms with Crippen molar-refractivity contribution in [1.29, 1.82) is 0 Å². The van der Waals surface area contributed by atoms with Crippen LogP contribution in [0.1, 0.15) is 26.2 Å². The monoisotopic (exact) mass is 241 g/mol. The predicted octanol–water partition coefficient (Wildman–Crippen LogP) is 2.87. The third-order valence-electron chi connectivity index (χ3n) is 2.73. The Morgan fingerprint density at radius 1 is 1.29 bits per heavy atom. The van der Waals surface area contributed by atoms with Gasteiger partial charge in [0, 0.05) is 24.2 Å². The van der Waals surface area contributed by atoms with Crippen molar-refractivity contribution in [1.82, 2.24) is 5.32 Å². The van der Waals surface area contributed by atoms with E-state index >= 15 is 0 Å². The molecule has 94 valence electrons. The number of hydrogen-bond donors (Lipinski definition) is 1. The molecular weight excluding hydrogens is 224 g/mol. The number of halogens is 2. The molecular formula is C13H17F2NO. The van der Waals surface area contributed by atoms with Gasteiger partial charge in [-0.15, -0.1) is 0 Å². The van der Waals surface area contributed by atoms with Crippen LogP contribution in [0.3, 0.4) is 0 Å². The van der Waals surface area contributed by atoms with E-state index in [2.05, 4.69) is 5.32 Å². The largest absolute Gasteiger partial charge is 0.490 e. The van der Waals surface area contributed by atoms with Crippen LogP contribution in [0.15, 0.2) is 18.2 Å². The first-order valence-corrected chi connectivity index (χ1v) is 5.99. The lowest BCUT2D eigenvalue weighted by Gasteiger charge is -2.15. The average Bonchev–Trinajstić information content (AvgIpc) is 2.99. The van der Waals surface area contributed by atoms with Crippen molar-refractivity contribution in [2.45, 2.75) is 38.3 Å². The lowest BCUT2D eigenvalue weighted by Crippen LogP contribution is -2.23. The Balaban J connectivity index is 1.77. The highest BCUT2D eigenvalue weighted by molar-refractivity contribution is 5.23. The minimum atomic E-state index is -0.608. The van der Waals surface area contributed by atoms with Crippen molar-refractivity contribution in [3.63, 3.8) is 0 Å². The smallest absolute Gasteiger partial charge is 0.129 e. The maximum Gasteiger partial charge on any atom is 0.129 e. The fourth-order valence-corrected chi connectivity index (χ4v) is 1.67. The molecule has 1 aromatic rings. The van der Waals surface area contributed by atoms with E-state index in [4.69, 9.17) is 4.74 Å². The van der Waals surface area contributed by atoms with Crippen molar-refractivity contribution >= 4 is 0 Å². The molecule has 1 saturated carbocycles. The van der Waals surface area contributed by atoms with Crippen molar-refractivity contribution < 1.29 is 13.5 Å². The first-order valence-electron chi connectivity index (χ1n) is 5.99. The Morgan fingerprint density at radius 2 is 1.94 bits per heavy atom. The molecule has 4 heteroatoms. The van der Waals surface area contributed by atoms with Gasteiger partial charge in [-0.25, -0.2) is 8.78 Å². The SMILES string of the molecule is CC(CCNC1CC1)Oc1cc(F)cc(F)c1. The van der Waals surface area contributed by atoms with Gasteiger partial charge in [-0.3, -0.25) is 0 Å². The molecule has 0 spiro atoms. The van der Waals surface area contributed by atoms with Crippen LogP contribution in [0.2, 0.25) is 0 Å². The zero-order valence-corrected chi connectivity index (χ0v) is 9.88. The fourth-order valence-electron chi connectivity index (χ4n) is 1.67. The zero-order valence-electron chi connectivity index (χ0n) is 9.88. The van der Waals surface area contributed by atoms with Gasteiger partial charge in [-0.2, -0.15) is 0 Å². The van der Waals surface area contributed by atoms with Gasteiger partial charge in [0.2, 0.25) is 0 Å². The van der Waals surface area contributed by atoms with Crippen LogP contribution in [0.25, 0.3) is 0 Å². The summed E-state index contributed by atoms with van der Waals surface area (Å²) in [6.07, 6.45) is 3.28. The summed E-state index contributed by atoms with van der Waals surface area (Å²) in [4.78, 5) is 0. The zero-order chi connectivity index (χ0) is 12.3. The number of nitrogens with one attached hydrogen (secondary N) is 1. The van der Waals surface area contributed by atoms with E-state index in [0.29, 0.717) is 6.04 Å². The molecule has 0 aliphatic heterocycles. The molecule has 1 N–H and O–H groups in total. The Kier molecular flexibility index (Phi) is 3.94. The third kappa shape index (κ3) is 4.30. The van der Waals surface area contributed by atoms with Crippen LogP contribution in [0.4, 0.5) is 8.78 Å². The maximum atomic E-state index is 12.9. The quantitative estimate of drug-likeness (QED) is 0.827. The van der Waals surface area contributed by atoms with Crippen LogP contribution in [0, 0.1) is 11.6 Å². The van der Waals surface area contributed by atoms with E-state index in [-0.39, 0.29) is 11.9 Å². The molecule has 1 aliphatic carbocycles. The van der Waals surface area contributed by atoms with Crippen LogP contribution >= 0.6 is 0 Å². The van der Waals surface area contributed by atoms with Gasteiger partial charge < -0.3 is 10.1 Å². The second-order valence-electron chi connectivity index (χ2n) is 4.55. The van der Waals surface area contributed by atoms with E-state index in [1.54, 1.807) is 0 Å². The molecule has 1 fully saturated rings. The summed E-state index contributed by atoms with van der Waals surface area (Å²) in [6, 6.07) is 3.92. The summed E-state index contributed by atoms with van der Waals surface area (Å²) >= 11 is 0. The molecule has 1 atom stereocenters. The third-order valence-corrected chi connectivity index (χ3v) is 2.73. The number of benzene rings is 1. The highest BCUT2D eigenvalue weighted by Crippen LogP contribution is 2.19. The van der Waals surface area contributed by atoms with Gasteiger partial charge in [0.25, 0.3) is 0 Å². The molecule has 0 bridgehead atoms. The molecule has 17 heavy (non-hydrogen) atoms. The lowest BCUT2D eigenvalue weighted by molar-refractivity contribution is 0.208.